The molecular weight excluding hydrogens is 274 g/mol. The van der Waals surface area contributed by atoms with Crippen molar-refractivity contribution < 1.29 is 14.3 Å². The topological polar surface area (TPSA) is 38.8 Å². The first-order chi connectivity index (χ1) is 9.37. The molecule has 20 heavy (non-hydrogen) atoms. The van der Waals surface area contributed by atoms with Crippen LogP contribution in [0.2, 0.25) is 0 Å². The maximum atomic E-state index is 12.2. The molecule has 4 nitrogen and oxygen atoms in total. The van der Waals surface area contributed by atoms with E-state index in [0.717, 1.165) is 5.56 Å². The average molecular weight is 293 g/mol. The quantitative estimate of drug-likeness (QED) is 0.785. The third kappa shape index (κ3) is 3.70. The number of carbonyl (C=O) groups is 1. The first-order valence-electron chi connectivity index (χ1n) is 6.60. The van der Waals surface area contributed by atoms with Crippen LogP contribution in [0.4, 0.5) is 4.79 Å². The Morgan fingerprint density at radius 2 is 2.05 bits per heavy atom. The van der Waals surface area contributed by atoms with E-state index in [9.17, 15) is 4.79 Å². The van der Waals surface area contributed by atoms with Gasteiger partial charge < -0.3 is 9.47 Å². The molecular formula is C15H19NO3S. The number of hydrogen-bond acceptors (Lipinski definition) is 4. The number of nitrogens with zero attached hydrogens (tertiary/aromatic N) is 1. The summed E-state index contributed by atoms with van der Waals surface area (Å²) in [4.78, 5) is 13.6. The predicted octanol–water partition coefficient (Wildman–Crippen LogP) is 3.15. The Bertz CT molecular complexity index is 496. The van der Waals surface area contributed by atoms with Crippen molar-refractivity contribution in [3.8, 4) is 0 Å². The van der Waals surface area contributed by atoms with Crippen LogP contribution in [-0.2, 0) is 15.9 Å². The lowest BCUT2D eigenvalue weighted by molar-refractivity contribution is 0.0340. The molecule has 1 heterocycles. The third-order valence-corrected chi connectivity index (χ3v) is 3.18. The van der Waals surface area contributed by atoms with E-state index in [0.29, 0.717) is 13.0 Å². The van der Waals surface area contributed by atoms with Crippen molar-refractivity contribution in [3.63, 3.8) is 0 Å². The summed E-state index contributed by atoms with van der Waals surface area (Å²) in [6.45, 7) is 5.90. The van der Waals surface area contributed by atoms with Gasteiger partial charge in [0.2, 0.25) is 0 Å². The van der Waals surface area contributed by atoms with Gasteiger partial charge in [0.05, 0.1) is 6.04 Å². The van der Waals surface area contributed by atoms with Crippen molar-refractivity contribution in [1.82, 2.24) is 4.90 Å². The Kier molecular flexibility index (Phi) is 4.28. The lowest BCUT2D eigenvalue weighted by atomic mass is 10.1. The summed E-state index contributed by atoms with van der Waals surface area (Å²) in [6, 6.07) is 9.84. The fourth-order valence-electron chi connectivity index (χ4n) is 2.03. The second-order valence-electron chi connectivity index (χ2n) is 5.77. The molecule has 0 aliphatic carbocycles. The minimum atomic E-state index is -0.549. The molecule has 0 aromatic heterocycles. The summed E-state index contributed by atoms with van der Waals surface area (Å²) < 4.78 is 10.7. The molecule has 1 aliphatic heterocycles. The molecule has 1 saturated heterocycles. The van der Waals surface area contributed by atoms with E-state index in [1.807, 2.05) is 51.1 Å². The number of hydrogen-bond donors (Lipinski definition) is 0. The average Bonchev–Trinajstić information content (AvgIpc) is 2.69. The fourth-order valence-corrected chi connectivity index (χ4v) is 2.32. The van der Waals surface area contributed by atoms with E-state index < -0.39 is 11.7 Å². The van der Waals surface area contributed by atoms with Gasteiger partial charge in [-0.25, -0.2) is 9.69 Å². The van der Waals surface area contributed by atoms with Crippen LogP contribution < -0.4 is 0 Å². The van der Waals surface area contributed by atoms with E-state index in [1.54, 1.807) is 0 Å². The molecule has 108 valence electrons. The van der Waals surface area contributed by atoms with Gasteiger partial charge in [-0.3, -0.25) is 0 Å². The van der Waals surface area contributed by atoms with Crippen LogP contribution in [0.1, 0.15) is 26.3 Å². The van der Waals surface area contributed by atoms with E-state index in [-0.39, 0.29) is 11.2 Å². The lowest BCUT2D eigenvalue weighted by Gasteiger charge is -2.26. The maximum absolute atomic E-state index is 12.2. The van der Waals surface area contributed by atoms with Crippen molar-refractivity contribution in [2.75, 3.05) is 6.61 Å². The third-order valence-electron chi connectivity index (χ3n) is 2.87. The highest BCUT2D eigenvalue weighted by atomic mass is 32.1. The van der Waals surface area contributed by atoms with Crippen LogP contribution >= 0.6 is 12.2 Å². The second kappa shape index (κ2) is 5.79. The number of carbonyl (C=O) groups excluding carboxylic acids is 1. The Balaban J connectivity index is 2.09. The second-order valence-corrected chi connectivity index (χ2v) is 6.12. The van der Waals surface area contributed by atoms with Crippen molar-refractivity contribution >= 4 is 23.5 Å². The molecule has 5 heteroatoms. The van der Waals surface area contributed by atoms with Gasteiger partial charge in [-0.05, 0) is 45.0 Å². The normalized spacial score (nSPS) is 18.9. The van der Waals surface area contributed by atoms with Gasteiger partial charge in [0, 0.05) is 0 Å². The van der Waals surface area contributed by atoms with Gasteiger partial charge in [-0.2, -0.15) is 0 Å². The van der Waals surface area contributed by atoms with Crippen molar-refractivity contribution in [2.45, 2.75) is 38.8 Å². The van der Waals surface area contributed by atoms with Crippen molar-refractivity contribution in [3.05, 3.63) is 35.9 Å². The maximum Gasteiger partial charge on any atom is 0.418 e. The summed E-state index contributed by atoms with van der Waals surface area (Å²) in [5.41, 5.74) is 0.589. The minimum absolute atomic E-state index is 0.111. The van der Waals surface area contributed by atoms with Gasteiger partial charge in [0.15, 0.2) is 0 Å². The molecule has 0 N–H and O–H groups in total. The van der Waals surface area contributed by atoms with E-state index in [4.69, 9.17) is 21.7 Å². The summed E-state index contributed by atoms with van der Waals surface area (Å²) in [5.74, 6) is 0. The van der Waals surface area contributed by atoms with Crippen LogP contribution in [-0.4, -0.2) is 34.4 Å². The van der Waals surface area contributed by atoms with Crippen LogP contribution in [0.5, 0.6) is 0 Å². The Morgan fingerprint density at radius 1 is 1.40 bits per heavy atom. The zero-order valence-electron chi connectivity index (χ0n) is 12.0. The number of amides is 1. The summed E-state index contributed by atoms with van der Waals surface area (Å²) in [5, 5.41) is 0.195. The standard InChI is InChI=1S/C15H19NO3S/c1-15(2,3)19-13(17)16-12(10-18-14(16)20)9-11-7-5-4-6-8-11/h4-8,12H,9-10H2,1-3H3/t12-/m0/s1. The molecule has 0 saturated carbocycles. The molecule has 1 atom stereocenters. The van der Waals surface area contributed by atoms with Gasteiger partial charge in [-0.1, -0.05) is 30.3 Å². The Hall–Kier alpha value is -1.62. The van der Waals surface area contributed by atoms with Gasteiger partial charge >= 0.3 is 6.09 Å². The van der Waals surface area contributed by atoms with E-state index in [2.05, 4.69) is 0 Å². The SMILES string of the molecule is CC(C)(C)OC(=O)N1C(=S)OC[C@@H]1Cc1ccccc1. The van der Waals surface area contributed by atoms with Gasteiger partial charge in [0.25, 0.3) is 5.17 Å². The van der Waals surface area contributed by atoms with Gasteiger partial charge in [-0.15, -0.1) is 0 Å². The number of thiocarbonyl (C=S) groups is 1. The summed E-state index contributed by atoms with van der Waals surface area (Å²) in [6.07, 6.45) is 0.251. The smallest absolute Gasteiger partial charge is 0.418 e. The summed E-state index contributed by atoms with van der Waals surface area (Å²) >= 11 is 5.10. The minimum Gasteiger partial charge on any atom is -0.468 e. The monoisotopic (exact) mass is 293 g/mol. The molecule has 1 aliphatic rings. The van der Waals surface area contributed by atoms with Crippen LogP contribution in [0.3, 0.4) is 0 Å². The Morgan fingerprint density at radius 3 is 2.65 bits per heavy atom. The molecule has 1 aromatic rings. The van der Waals surface area contributed by atoms with Crippen molar-refractivity contribution in [2.24, 2.45) is 0 Å². The van der Waals surface area contributed by atoms with E-state index in [1.165, 1.54) is 4.90 Å². The fraction of sp³-hybridized carbons (Fsp3) is 0.467. The largest absolute Gasteiger partial charge is 0.468 e. The Labute approximate surface area is 124 Å². The van der Waals surface area contributed by atoms with Crippen LogP contribution in [0.25, 0.3) is 0 Å². The van der Waals surface area contributed by atoms with Crippen LogP contribution in [0, 0.1) is 0 Å². The molecule has 2 rings (SSSR count). The van der Waals surface area contributed by atoms with E-state index >= 15 is 0 Å². The zero-order chi connectivity index (χ0) is 14.8. The lowest BCUT2D eigenvalue weighted by Crippen LogP contribution is -2.43. The highest BCUT2D eigenvalue weighted by Gasteiger charge is 2.37. The molecule has 0 spiro atoms. The number of rotatable bonds is 2. The van der Waals surface area contributed by atoms with Crippen LogP contribution in [0.15, 0.2) is 30.3 Å². The molecule has 0 radical (unpaired) electrons. The first-order valence-corrected chi connectivity index (χ1v) is 7.00. The molecule has 1 amide bonds. The molecule has 1 fully saturated rings. The number of benzene rings is 1. The summed E-state index contributed by atoms with van der Waals surface area (Å²) in [7, 11) is 0. The molecule has 1 aromatic carbocycles. The molecule has 0 unspecified atom stereocenters. The highest BCUT2D eigenvalue weighted by molar-refractivity contribution is 7.80. The van der Waals surface area contributed by atoms with Gasteiger partial charge in [0.1, 0.15) is 12.2 Å². The highest BCUT2D eigenvalue weighted by Crippen LogP contribution is 2.20. The first kappa shape index (κ1) is 14.8. The zero-order valence-corrected chi connectivity index (χ0v) is 12.8. The van der Waals surface area contributed by atoms with Crippen molar-refractivity contribution in [1.29, 1.82) is 0 Å². The predicted molar refractivity (Wildman–Crippen MR) is 80.6 cm³/mol. The number of ether oxygens (including phenoxy) is 2. The molecule has 0 bridgehead atoms.